The number of sulfonamides is 2. The van der Waals surface area contributed by atoms with Gasteiger partial charge in [0.15, 0.2) is 0 Å². The summed E-state index contributed by atoms with van der Waals surface area (Å²) in [7, 11) is -7.46. The van der Waals surface area contributed by atoms with Crippen molar-refractivity contribution in [3.8, 4) is 0 Å². The summed E-state index contributed by atoms with van der Waals surface area (Å²) in [6.07, 6.45) is 0. The van der Waals surface area contributed by atoms with Crippen LogP contribution in [0.3, 0.4) is 0 Å². The van der Waals surface area contributed by atoms with Gasteiger partial charge in [-0.05, 0) is 52.0 Å². The fourth-order valence-corrected chi connectivity index (χ4v) is 4.91. The lowest BCUT2D eigenvalue weighted by Gasteiger charge is -2.22. The number of hydrogen-bond acceptors (Lipinski definition) is 4. The summed E-state index contributed by atoms with van der Waals surface area (Å²) in [5.41, 5.74) is 1.91. The first-order chi connectivity index (χ1) is 12.0. The first-order valence-corrected chi connectivity index (χ1v) is 11.2. The predicted molar refractivity (Wildman–Crippen MR) is 102 cm³/mol. The Labute approximate surface area is 155 Å². The third-order valence-corrected chi connectivity index (χ3v) is 7.24. The van der Waals surface area contributed by atoms with E-state index in [-0.39, 0.29) is 9.79 Å². The Morgan fingerprint density at radius 2 is 0.885 bits per heavy atom. The molecule has 0 amide bonds. The van der Waals surface area contributed by atoms with Gasteiger partial charge in [0.1, 0.15) is 0 Å². The maximum absolute atomic E-state index is 12.4. The molecular formula is C18H24N2O4S2. The van der Waals surface area contributed by atoms with E-state index < -0.39 is 32.1 Å². The van der Waals surface area contributed by atoms with Gasteiger partial charge in [-0.1, -0.05) is 35.4 Å². The van der Waals surface area contributed by atoms with E-state index in [2.05, 4.69) is 9.44 Å². The molecule has 2 rings (SSSR count). The van der Waals surface area contributed by atoms with E-state index in [4.69, 9.17) is 0 Å². The van der Waals surface area contributed by atoms with Crippen molar-refractivity contribution in [2.75, 3.05) is 0 Å². The molecule has 0 radical (unpaired) electrons. The molecule has 0 unspecified atom stereocenters. The van der Waals surface area contributed by atoms with Gasteiger partial charge in [0, 0.05) is 12.1 Å². The normalized spacial score (nSPS) is 14.8. The highest BCUT2D eigenvalue weighted by molar-refractivity contribution is 7.90. The molecule has 0 saturated heterocycles. The molecule has 26 heavy (non-hydrogen) atoms. The van der Waals surface area contributed by atoms with Crippen LogP contribution in [0.4, 0.5) is 0 Å². The minimum Gasteiger partial charge on any atom is -0.207 e. The first-order valence-electron chi connectivity index (χ1n) is 8.19. The molecule has 2 N–H and O–H groups in total. The van der Waals surface area contributed by atoms with E-state index in [0.29, 0.717) is 0 Å². The average molecular weight is 397 g/mol. The zero-order chi connectivity index (χ0) is 19.5. The maximum Gasteiger partial charge on any atom is 0.240 e. The second-order valence-electron chi connectivity index (χ2n) is 6.45. The highest BCUT2D eigenvalue weighted by Crippen LogP contribution is 2.13. The molecule has 2 aromatic rings. The van der Waals surface area contributed by atoms with Gasteiger partial charge in [-0.25, -0.2) is 26.3 Å². The van der Waals surface area contributed by atoms with Crippen molar-refractivity contribution >= 4 is 20.0 Å². The van der Waals surface area contributed by atoms with Crippen LogP contribution in [0.1, 0.15) is 25.0 Å². The van der Waals surface area contributed by atoms with Crippen LogP contribution < -0.4 is 9.44 Å². The number of hydrogen-bond donors (Lipinski definition) is 2. The largest absolute Gasteiger partial charge is 0.240 e. The van der Waals surface area contributed by atoms with Gasteiger partial charge in [0.05, 0.1) is 9.79 Å². The zero-order valence-electron chi connectivity index (χ0n) is 15.2. The summed E-state index contributed by atoms with van der Waals surface area (Å²) in [4.78, 5) is 0.284. The molecule has 142 valence electrons. The number of nitrogens with one attached hydrogen (secondary N) is 2. The Bertz CT molecular complexity index is 870. The fraction of sp³-hybridized carbons (Fsp3) is 0.333. The minimum atomic E-state index is -3.73. The summed E-state index contributed by atoms with van der Waals surface area (Å²) in [6, 6.07) is 11.6. The lowest BCUT2D eigenvalue weighted by atomic mass is 10.2. The zero-order valence-corrected chi connectivity index (χ0v) is 16.9. The Morgan fingerprint density at radius 3 is 1.15 bits per heavy atom. The highest BCUT2D eigenvalue weighted by Gasteiger charge is 2.25. The van der Waals surface area contributed by atoms with Crippen LogP contribution in [0.25, 0.3) is 0 Å². The third-order valence-electron chi connectivity index (χ3n) is 4.09. The number of aryl methyl sites for hydroxylation is 2. The molecule has 0 fully saturated rings. The third kappa shape index (κ3) is 5.14. The van der Waals surface area contributed by atoms with Gasteiger partial charge in [0.2, 0.25) is 20.0 Å². The summed E-state index contributed by atoms with van der Waals surface area (Å²) in [6.45, 7) is 6.98. The Hall–Kier alpha value is -1.74. The molecule has 0 aromatic heterocycles. The summed E-state index contributed by atoms with van der Waals surface area (Å²) in [5.74, 6) is 0. The topological polar surface area (TPSA) is 92.3 Å². The SMILES string of the molecule is Cc1ccc(S(=O)(=O)N[C@@H](C)[C@H](C)NS(=O)(=O)c2ccc(C)cc2)cc1. The van der Waals surface area contributed by atoms with Gasteiger partial charge in [-0.15, -0.1) is 0 Å². The van der Waals surface area contributed by atoms with Crippen LogP contribution >= 0.6 is 0 Å². The Morgan fingerprint density at radius 1 is 0.615 bits per heavy atom. The molecule has 2 aromatic carbocycles. The van der Waals surface area contributed by atoms with Gasteiger partial charge >= 0.3 is 0 Å². The molecule has 0 heterocycles. The van der Waals surface area contributed by atoms with Crippen molar-refractivity contribution in [3.05, 3.63) is 59.7 Å². The smallest absolute Gasteiger partial charge is 0.207 e. The van der Waals surface area contributed by atoms with Crippen LogP contribution in [-0.2, 0) is 20.0 Å². The monoisotopic (exact) mass is 396 g/mol. The lowest BCUT2D eigenvalue weighted by Crippen LogP contribution is -2.48. The highest BCUT2D eigenvalue weighted by atomic mass is 32.2. The molecule has 8 heteroatoms. The van der Waals surface area contributed by atoms with Crippen LogP contribution in [0.5, 0.6) is 0 Å². The van der Waals surface area contributed by atoms with E-state index in [1.165, 1.54) is 24.3 Å². The molecule has 2 atom stereocenters. The van der Waals surface area contributed by atoms with E-state index in [9.17, 15) is 16.8 Å². The minimum absolute atomic E-state index is 0.142. The molecule has 6 nitrogen and oxygen atoms in total. The second-order valence-corrected chi connectivity index (χ2v) is 9.87. The van der Waals surface area contributed by atoms with Crippen molar-refractivity contribution in [1.29, 1.82) is 0 Å². The lowest BCUT2D eigenvalue weighted by molar-refractivity contribution is 0.487. The van der Waals surface area contributed by atoms with Gasteiger partial charge in [0.25, 0.3) is 0 Å². The molecule has 0 bridgehead atoms. The van der Waals surface area contributed by atoms with E-state index in [1.54, 1.807) is 38.1 Å². The summed E-state index contributed by atoms with van der Waals surface area (Å²) in [5, 5.41) is 0. The Balaban J connectivity index is 2.10. The van der Waals surface area contributed by atoms with Gasteiger partial charge in [-0.2, -0.15) is 0 Å². The standard InChI is InChI=1S/C18H24N2O4S2/c1-13-5-9-17(10-6-13)25(21,22)19-15(3)16(4)20-26(23,24)18-11-7-14(2)8-12-18/h5-12,15-16,19-20H,1-4H3/t15-,16-/m0/s1. The van der Waals surface area contributed by atoms with Crippen LogP contribution in [0, 0.1) is 13.8 Å². The van der Waals surface area contributed by atoms with Crippen molar-refractivity contribution < 1.29 is 16.8 Å². The van der Waals surface area contributed by atoms with Crippen LogP contribution in [-0.4, -0.2) is 28.9 Å². The second kappa shape index (κ2) is 7.87. The van der Waals surface area contributed by atoms with E-state index in [0.717, 1.165) is 11.1 Å². The quantitative estimate of drug-likeness (QED) is 0.751. The first kappa shape index (κ1) is 20.6. The fourth-order valence-electron chi connectivity index (χ4n) is 2.26. The van der Waals surface area contributed by atoms with Gasteiger partial charge < -0.3 is 0 Å². The maximum atomic E-state index is 12.4. The van der Waals surface area contributed by atoms with Crippen molar-refractivity contribution in [2.45, 2.75) is 49.6 Å². The average Bonchev–Trinajstić information content (AvgIpc) is 2.54. The van der Waals surface area contributed by atoms with Crippen LogP contribution in [0.2, 0.25) is 0 Å². The van der Waals surface area contributed by atoms with E-state index >= 15 is 0 Å². The number of benzene rings is 2. The van der Waals surface area contributed by atoms with Gasteiger partial charge in [-0.3, -0.25) is 0 Å². The van der Waals surface area contributed by atoms with Crippen molar-refractivity contribution in [1.82, 2.24) is 9.44 Å². The van der Waals surface area contributed by atoms with Crippen molar-refractivity contribution in [2.24, 2.45) is 0 Å². The van der Waals surface area contributed by atoms with Crippen LogP contribution in [0.15, 0.2) is 58.3 Å². The van der Waals surface area contributed by atoms with E-state index in [1.807, 2.05) is 13.8 Å². The summed E-state index contributed by atoms with van der Waals surface area (Å²) >= 11 is 0. The molecule has 0 aliphatic rings. The summed E-state index contributed by atoms with van der Waals surface area (Å²) < 4.78 is 54.8. The Kier molecular flexibility index (Phi) is 6.23. The molecule has 0 spiro atoms. The molecule has 0 saturated carbocycles. The molecule has 0 aliphatic heterocycles. The predicted octanol–water partition coefficient (Wildman–Crippen LogP) is 2.34. The number of rotatable bonds is 7. The molecule has 0 aliphatic carbocycles. The van der Waals surface area contributed by atoms with Crippen molar-refractivity contribution in [3.63, 3.8) is 0 Å². The molecular weight excluding hydrogens is 372 g/mol.